The molecule has 0 spiro atoms. The van der Waals surface area contributed by atoms with Gasteiger partial charge in [0.25, 0.3) is 5.91 Å². The summed E-state index contributed by atoms with van der Waals surface area (Å²) in [5, 5.41) is 3.41. The van der Waals surface area contributed by atoms with Crippen LogP contribution >= 0.6 is 11.6 Å². The minimum atomic E-state index is -0.158. The molecule has 2 heterocycles. The van der Waals surface area contributed by atoms with Gasteiger partial charge < -0.3 is 19.5 Å². The molecule has 6 nitrogen and oxygen atoms in total. The highest BCUT2D eigenvalue weighted by atomic mass is 35.5. The third-order valence-corrected chi connectivity index (χ3v) is 4.73. The Morgan fingerprint density at radius 1 is 1.29 bits per heavy atom. The van der Waals surface area contributed by atoms with Crippen molar-refractivity contribution in [1.29, 1.82) is 0 Å². The molecule has 1 aromatic carbocycles. The normalized spacial score (nSPS) is 18.7. The van der Waals surface area contributed by atoms with Gasteiger partial charge >= 0.3 is 0 Å². The zero-order chi connectivity index (χ0) is 17.1. The molecule has 1 amide bonds. The second-order valence-electron chi connectivity index (χ2n) is 6.36. The topological polar surface area (TPSA) is 60.0 Å². The van der Waals surface area contributed by atoms with Crippen molar-refractivity contribution >= 4 is 17.5 Å². The summed E-state index contributed by atoms with van der Waals surface area (Å²) in [4.78, 5) is 14.9. The number of nitrogens with one attached hydrogen (secondary N) is 1. The Morgan fingerprint density at radius 2 is 2.04 bits per heavy atom. The van der Waals surface area contributed by atoms with Gasteiger partial charge in [0.2, 0.25) is 6.79 Å². The minimum absolute atomic E-state index is 0.132. The van der Waals surface area contributed by atoms with Crippen LogP contribution in [0.4, 0.5) is 0 Å². The van der Waals surface area contributed by atoms with E-state index >= 15 is 0 Å². The number of hydrogen-bond acceptors (Lipinski definition) is 5. The van der Waals surface area contributed by atoms with E-state index in [0.717, 1.165) is 26.3 Å². The molecule has 1 unspecified atom stereocenters. The molecule has 0 saturated carbocycles. The highest BCUT2D eigenvalue weighted by Gasteiger charge is 2.25. The average Bonchev–Trinajstić information content (AvgIpc) is 3.04. The van der Waals surface area contributed by atoms with E-state index in [-0.39, 0.29) is 18.7 Å². The first-order valence-electron chi connectivity index (χ1n) is 8.25. The van der Waals surface area contributed by atoms with E-state index in [1.807, 2.05) is 0 Å². The predicted octanol–water partition coefficient (Wildman–Crippen LogP) is 2.16. The number of carbonyl (C=O) groups is 1. The van der Waals surface area contributed by atoms with Gasteiger partial charge in [-0.15, -0.1) is 0 Å². The molecular weight excluding hydrogens is 332 g/mol. The fourth-order valence-electron chi connectivity index (χ4n) is 3.09. The molecule has 1 atom stereocenters. The highest BCUT2D eigenvalue weighted by Crippen LogP contribution is 2.39. The first kappa shape index (κ1) is 17.3. The second-order valence-corrected chi connectivity index (χ2v) is 6.77. The number of rotatable bonds is 5. The third kappa shape index (κ3) is 3.77. The standard InChI is InChI=1S/C17H23ClN2O4/c1-11(2)14(20-3-5-22-6-4-20)9-19-17(21)12-7-13(18)16-15(8-12)23-10-24-16/h7-8,11,14H,3-6,9-10H2,1-2H3,(H,19,21). The summed E-state index contributed by atoms with van der Waals surface area (Å²) in [5.41, 5.74) is 0.480. The van der Waals surface area contributed by atoms with E-state index in [0.29, 0.717) is 34.5 Å². The monoisotopic (exact) mass is 354 g/mol. The van der Waals surface area contributed by atoms with Crippen LogP contribution in [-0.4, -0.2) is 56.5 Å². The van der Waals surface area contributed by atoms with E-state index in [4.69, 9.17) is 25.8 Å². The van der Waals surface area contributed by atoms with Gasteiger partial charge in [-0.3, -0.25) is 9.69 Å². The lowest BCUT2D eigenvalue weighted by Gasteiger charge is -2.36. The summed E-state index contributed by atoms with van der Waals surface area (Å²) < 4.78 is 16.0. The van der Waals surface area contributed by atoms with Gasteiger partial charge in [-0.1, -0.05) is 25.4 Å². The summed E-state index contributed by atoms with van der Waals surface area (Å²) in [6, 6.07) is 3.56. The quantitative estimate of drug-likeness (QED) is 0.878. The fraction of sp³-hybridized carbons (Fsp3) is 0.588. The molecule has 0 radical (unpaired) electrons. The third-order valence-electron chi connectivity index (χ3n) is 4.45. The number of nitrogens with zero attached hydrogens (tertiary/aromatic N) is 1. The van der Waals surface area contributed by atoms with Crippen molar-refractivity contribution in [3.8, 4) is 11.5 Å². The van der Waals surface area contributed by atoms with E-state index in [1.54, 1.807) is 12.1 Å². The van der Waals surface area contributed by atoms with E-state index in [2.05, 4.69) is 24.1 Å². The predicted molar refractivity (Wildman–Crippen MR) is 90.9 cm³/mol. The molecule has 1 fully saturated rings. The molecule has 7 heteroatoms. The van der Waals surface area contributed by atoms with Gasteiger partial charge in [0.15, 0.2) is 11.5 Å². The highest BCUT2D eigenvalue weighted by molar-refractivity contribution is 6.32. The minimum Gasteiger partial charge on any atom is -0.454 e. The van der Waals surface area contributed by atoms with Crippen molar-refractivity contribution in [2.75, 3.05) is 39.6 Å². The number of amides is 1. The van der Waals surface area contributed by atoms with Crippen molar-refractivity contribution < 1.29 is 19.0 Å². The number of carbonyl (C=O) groups excluding carboxylic acids is 1. The molecule has 1 aromatic rings. The lowest BCUT2D eigenvalue weighted by molar-refractivity contribution is 0.00672. The fourth-order valence-corrected chi connectivity index (χ4v) is 3.36. The average molecular weight is 355 g/mol. The summed E-state index contributed by atoms with van der Waals surface area (Å²) >= 11 is 6.15. The van der Waals surface area contributed by atoms with E-state index in [9.17, 15) is 4.79 Å². The molecule has 0 bridgehead atoms. The smallest absolute Gasteiger partial charge is 0.251 e. The maximum absolute atomic E-state index is 12.5. The number of benzene rings is 1. The molecular formula is C17H23ClN2O4. The lowest BCUT2D eigenvalue weighted by atomic mass is 10.0. The number of fused-ring (bicyclic) bond motifs is 1. The van der Waals surface area contributed by atoms with Gasteiger partial charge in [-0.25, -0.2) is 0 Å². The van der Waals surface area contributed by atoms with Crippen molar-refractivity contribution in [1.82, 2.24) is 10.2 Å². The maximum atomic E-state index is 12.5. The van der Waals surface area contributed by atoms with Crippen molar-refractivity contribution in [3.63, 3.8) is 0 Å². The molecule has 0 aliphatic carbocycles. The number of morpholine rings is 1. The van der Waals surface area contributed by atoms with Gasteiger partial charge in [0, 0.05) is 31.2 Å². The summed E-state index contributed by atoms with van der Waals surface area (Å²) in [6.07, 6.45) is 0. The van der Waals surface area contributed by atoms with Crippen LogP contribution in [0.5, 0.6) is 11.5 Å². The Balaban J connectivity index is 1.64. The zero-order valence-electron chi connectivity index (χ0n) is 14.0. The van der Waals surface area contributed by atoms with Crippen molar-refractivity contribution in [2.24, 2.45) is 5.92 Å². The van der Waals surface area contributed by atoms with Crippen LogP contribution in [0.1, 0.15) is 24.2 Å². The Labute approximate surface area is 147 Å². The second kappa shape index (κ2) is 7.59. The van der Waals surface area contributed by atoms with Crippen molar-refractivity contribution in [3.05, 3.63) is 22.7 Å². The molecule has 132 valence electrons. The molecule has 2 aliphatic rings. The molecule has 3 rings (SSSR count). The summed E-state index contributed by atoms with van der Waals surface area (Å²) in [6.45, 7) is 8.34. The van der Waals surface area contributed by atoms with E-state index < -0.39 is 0 Å². The molecule has 24 heavy (non-hydrogen) atoms. The maximum Gasteiger partial charge on any atom is 0.251 e. The Morgan fingerprint density at radius 3 is 2.75 bits per heavy atom. The van der Waals surface area contributed by atoms with Crippen LogP contribution in [0, 0.1) is 5.92 Å². The van der Waals surface area contributed by atoms with Crippen molar-refractivity contribution in [2.45, 2.75) is 19.9 Å². The van der Waals surface area contributed by atoms with E-state index in [1.165, 1.54) is 0 Å². The van der Waals surface area contributed by atoms with Crippen LogP contribution < -0.4 is 14.8 Å². The number of ether oxygens (including phenoxy) is 3. The first-order valence-corrected chi connectivity index (χ1v) is 8.63. The first-order chi connectivity index (χ1) is 11.6. The molecule has 2 aliphatic heterocycles. The number of halogens is 1. The van der Waals surface area contributed by atoms with Crippen LogP contribution in [0.15, 0.2) is 12.1 Å². The van der Waals surface area contributed by atoms with Gasteiger partial charge in [-0.05, 0) is 18.1 Å². The summed E-state index contributed by atoms with van der Waals surface area (Å²) in [7, 11) is 0. The van der Waals surface area contributed by atoms with Gasteiger partial charge in [0.1, 0.15) is 0 Å². The molecule has 0 aromatic heterocycles. The van der Waals surface area contributed by atoms with Crippen LogP contribution in [-0.2, 0) is 4.74 Å². The lowest BCUT2D eigenvalue weighted by Crippen LogP contribution is -2.51. The zero-order valence-corrected chi connectivity index (χ0v) is 14.8. The van der Waals surface area contributed by atoms with Crippen LogP contribution in [0.2, 0.25) is 5.02 Å². The SMILES string of the molecule is CC(C)C(CNC(=O)c1cc(Cl)c2c(c1)OCO2)N1CCOCC1. The van der Waals surface area contributed by atoms with Gasteiger partial charge in [-0.2, -0.15) is 0 Å². The Kier molecular flexibility index (Phi) is 5.48. The summed E-state index contributed by atoms with van der Waals surface area (Å²) in [5.74, 6) is 1.29. The van der Waals surface area contributed by atoms with Crippen LogP contribution in [0.3, 0.4) is 0 Å². The Hall–Kier alpha value is -1.50. The van der Waals surface area contributed by atoms with Gasteiger partial charge in [0.05, 0.1) is 18.2 Å². The molecule has 1 N–H and O–H groups in total. The Bertz CT molecular complexity index is 602. The van der Waals surface area contributed by atoms with Crippen LogP contribution in [0.25, 0.3) is 0 Å². The number of hydrogen-bond donors (Lipinski definition) is 1. The largest absolute Gasteiger partial charge is 0.454 e. The molecule has 1 saturated heterocycles.